The third-order valence-corrected chi connectivity index (χ3v) is 4.63. The van der Waals surface area contributed by atoms with E-state index in [1.165, 1.54) is 37.5 Å². The third kappa shape index (κ3) is 4.21. The van der Waals surface area contributed by atoms with Crippen LogP contribution in [0.25, 0.3) is 0 Å². The number of hydrogen-bond acceptors (Lipinski definition) is 4. The molecule has 2 rings (SSSR count). The number of para-hydroxylation sites is 1. The Balaban J connectivity index is 2.14. The SMILES string of the molecule is C=CCNS(=O)(=O)c1ccc(NC(=O)c2ccccc2OC)cc1. The molecule has 6 nitrogen and oxygen atoms in total. The maximum absolute atomic E-state index is 12.3. The van der Waals surface area contributed by atoms with Crippen LogP contribution < -0.4 is 14.8 Å². The van der Waals surface area contributed by atoms with Gasteiger partial charge in [-0.3, -0.25) is 4.79 Å². The van der Waals surface area contributed by atoms with Crippen LogP contribution in [0.1, 0.15) is 10.4 Å². The smallest absolute Gasteiger partial charge is 0.259 e. The van der Waals surface area contributed by atoms with Crippen LogP contribution >= 0.6 is 0 Å². The first kappa shape index (κ1) is 17.7. The van der Waals surface area contributed by atoms with Gasteiger partial charge in [-0.25, -0.2) is 13.1 Å². The minimum Gasteiger partial charge on any atom is -0.496 e. The van der Waals surface area contributed by atoms with Gasteiger partial charge in [0.2, 0.25) is 10.0 Å². The molecule has 0 saturated carbocycles. The van der Waals surface area contributed by atoms with Crippen molar-refractivity contribution in [2.45, 2.75) is 4.90 Å². The van der Waals surface area contributed by atoms with E-state index < -0.39 is 10.0 Å². The van der Waals surface area contributed by atoms with Gasteiger partial charge in [0.1, 0.15) is 5.75 Å². The summed E-state index contributed by atoms with van der Waals surface area (Å²) in [6.45, 7) is 3.61. The van der Waals surface area contributed by atoms with Crippen LogP contribution in [-0.2, 0) is 10.0 Å². The van der Waals surface area contributed by atoms with Crippen molar-refractivity contribution in [1.82, 2.24) is 4.72 Å². The van der Waals surface area contributed by atoms with Gasteiger partial charge in [0.15, 0.2) is 0 Å². The van der Waals surface area contributed by atoms with Crippen molar-refractivity contribution in [2.75, 3.05) is 19.0 Å². The van der Waals surface area contributed by atoms with Crippen molar-refractivity contribution < 1.29 is 17.9 Å². The second-order valence-corrected chi connectivity index (χ2v) is 6.59. The molecule has 126 valence electrons. The van der Waals surface area contributed by atoms with Crippen molar-refractivity contribution in [3.63, 3.8) is 0 Å². The Labute approximate surface area is 141 Å². The van der Waals surface area contributed by atoms with E-state index in [2.05, 4.69) is 16.6 Å². The van der Waals surface area contributed by atoms with E-state index in [-0.39, 0.29) is 17.3 Å². The predicted octanol–water partition coefficient (Wildman–Crippen LogP) is 2.41. The first-order valence-corrected chi connectivity index (χ1v) is 8.61. The molecule has 0 aliphatic heterocycles. The number of amides is 1. The fourth-order valence-electron chi connectivity index (χ4n) is 2.00. The number of anilines is 1. The molecule has 0 radical (unpaired) electrons. The zero-order valence-corrected chi connectivity index (χ0v) is 14.0. The Bertz CT molecular complexity index is 830. The molecule has 0 saturated heterocycles. The topological polar surface area (TPSA) is 84.5 Å². The normalized spacial score (nSPS) is 10.9. The first-order chi connectivity index (χ1) is 11.5. The molecule has 0 heterocycles. The summed E-state index contributed by atoms with van der Waals surface area (Å²) in [7, 11) is -2.10. The third-order valence-electron chi connectivity index (χ3n) is 3.19. The summed E-state index contributed by atoms with van der Waals surface area (Å²) in [5.74, 6) is 0.121. The minimum absolute atomic E-state index is 0.111. The largest absolute Gasteiger partial charge is 0.496 e. The van der Waals surface area contributed by atoms with Crippen LogP contribution in [0.5, 0.6) is 5.75 Å². The zero-order valence-electron chi connectivity index (χ0n) is 13.2. The molecule has 0 fully saturated rings. The minimum atomic E-state index is -3.58. The second-order valence-electron chi connectivity index (χ2n) is 4.82. The Kier molecular flexibility index (Phi) is 5.73. The van der Waals surface area contributed by atoms with Gasteiger partial charge in [-0.2, -0.15) is 0 Å². The summed E-state index contributed by atoms with van der Waals surface area (Å²) in [4.78, 5) is 12.4. The molecular formula is C17H18N2O4S. The lowest BCUT2D eigenvalue weighted by Crippen LogP contribution is -2.23. The highest BCUT2D eigenvalue weighted by molar-refractivity contribution is 7.89. The first-order valence-electron chi connectivity index (χ1n) is 7.13. The summed E-state index contributed by atoms with van der Waals surface area (Å²) >= 11 is 0. The number of nitrogens with one attached hydrogen (secondary N) is 2. The summed E-state index contributed by atoms with van der Waals surface area (Å²) < 4.78 is 31.5. The van der Waals surface area contributed by atoms with Crippen molar-refractivity contribution in [3.8, 4) is 5.75 Å². The second kappa shape index (κ2) is 7.76. The van der Waals surface area contributed by atoms with Crippen LogP contribution in [0.3, 0.4) is 0 Å². The van der Waals surface area contributed by atoms with E-state index in [1.807, 2.05) is 0 Å². The molecule has 2 aromatic rings. The predicted molar refractivity (Wildman–Crippen MR) is 92.8 cm³/mol. The molecule has 7 heteroatoms. The monoisotopic (exact) mass is 346 g/mol. The molecule has 0 aliphatic rings. The Morgan fingerprint density at radius 2 is 1.83 bits per heavy atom. The fourth-order valence-corrected chi connectivity index (χ4v) is 3.00. The highest BCUT2D eigenvalue weighted by Gasteiger charge is 2.14. The molecule has 0 aromatic heterocycles. The summed E-state index contributed by atoms with van der Waals surface area (Å²) in [5, 5.41) is 2.70. The number of methoxy groups -OCH3 is 1. The molecule has 2 aromatic carbocycles. The zero-order chi connectivity index (χ0) is 17.6. The van der Waals surface area contributed by atoms with Crippen LogP contribution in [0.15, 0.2) is 66.1 Å². The summed E-state index contributed by atoms with van der Waals surface area (Å²) in [6, 6.07) is 12.7. The van der Waals surface area contributed by atoms with Gasteiger partial charge in [-0.1, -0.05) is 18.2 Å². The van der Waals surface area contributed by atoms with Crippen molar-refractivity contribution in [2.24, 2.45) is 0 Å². The van der Waals surface area contributed by atoms with Crippen LogP contribution in [0, 0.1) is 0 Å². The molecule has 0 spiro atoms. The summed E-state index contributed by atoms with van der Waals surface area (Å²) in [6.07, 6.45) is 1.46. The van der Waals surface area contributed by atoms with Crippen LogP contribution in [0.4, 0.5) is 5.69 Å². The quantitative estimate of drug-likeness (QED) is 0.754. The molecule has 0 atom stereocenters. The average Bonchev–Trinajstić information content (AvgIpc) is 2.60. The molecular weight excluding hydrogens is 328 g/mol. The number of benzene rings is 2. The van der Waals surface area contributed by atoms with E-state index in [0.717, 1.165) is 0 Å². The van der Waals surface area contributed by atoms with Crippen LogP contribution in [0.2, 0.25) is 0 Å². The lowest BCUT2D eigenvalue weighted by molar-refractivity contribution is 0.102. The van der Waals surface area contributed by atoms with Gasteiger partial charge in [-0.15, -0.1) is 6.58 Å². The molecule has 0 aliphatic carbocycles. The number of rotatable bonds is 7. The van der Waals surface area contributed by atoms with Gasteiger partial charge in [0.05, 0.1) is 17.6 Å². The highest BCUT2D eigenvalue weighted by Crippen LogP contribution is 2.20. The van der Waals surface area contributed by atoms with Crippen molar-refractivity contribution in [3.05, 3.63) is 66.7 Å². The fraction of sp³-hybridized carbons (Fsp3) is 0.118. The number of sulfonamides is 1. The number of hydrogen-bond donors (Lipinski definition) is 2. The van der Waals surface area contributed by atoms with Crippen LogP contribution in [-0.4, -0.2) is 28.0 Å². The van der Waals surface area contributed by atoms with Crippen molar-refractivity contribution in [1.29, 1.82) is 0 Å². The maximum atomic E-state index is 12.3. The van der Waals surface area contributed by atoms with E-state index in [4.69, 9.17) is 4.74 Å². The number of carbonyl (C=O) groups excluding carboxylic acids is 1. The number of ether oxygens (including phenoxy) is 1. The van der Waals surface area contributed by atoms with Gasteiger partial charge in [0, 0.05) is 12.2 Å². The van der Waals surface area contributed by atoms with Gasteiger partial charge < -0.3 is 10.1 Å². The van der Waals surface area contributed by atoms with Gasteiger partial charge in [0.25, 0.3) is 5.91 Å². The van der Waals surface area contributed by atoms with E-state index in [9.17, 15) is 13.2 Å². The Morgan fingerprint density at radius 1 is 1.17 bits per heavy atom. The van der Waals surface area contributed by atoms with Gasteiger partial charge >= 0.3 is 0 Å². The van der Waals surface area contributed by atoms with Gasteiger partial charge in [-0.05, 0) is 36.4 Å². The lowest BCUT2D eigenvalue weighted by atomic mass is 10.2. The molecule has 0 bridgehead atoms. The Morgan fingerprint density at radius 3 is 2.46 bits per heavy atom. The highest BCUT2D eigenvalue weighted by atomic mass is 32.2. The lowest BCUT2D eigenvalue weighted by Gasteiger charge is -2.10. The van der Waals surface area contributed by atoms with E-state index in [1.54, 1.807) is 24.3 Å². The Hall–Kier alpha value is -2.64. The molecule has 0 unspecified atom stereocenters. The number of carbonyl (C=O) groups is 1. The van der Waals surface area contributed by atoms with Crippen molar-refractivity contribution >= 4 is 21.6 Å². The summed E-state index contributed by atoms with van der Waals surface area (Å²) in [5.41, 5.74) is 0.873. The molecule has 24 heavy (non-hydrogen) atoms. The standard InChI is InChI=1S/C17H18N2O4S/c1-3-12-18-24(21,22)14-10-8-13(9-11-14)19-17(20)15-6-4-5-7-16(15)23-2/h3-11,18H,1,12H2,2H3,(H,19,20). The maximum Gasteiger partial charge on any atom is 0.259 e. The van der Waals surface area contributed by atoms with E-state index in [0.29, 0.717) is 17.0 Å². The molecule has 2 N–H and O–H groups in total. The molecule has 1 amide bonds. The average molecular weight is 346 g/mol. The van der Waals surface area contributed by atoms with E-state index >= 15 is 0 Å².